The van der Waals surface area contributed by atoms with E-state index in [9.17, 15) is 0 Å². The van der Waals surface area contributed by atoms with Crippen LogP contribution in [0.15, 0.2) is 107 Å². The van der Waals surface area contributed by atoms with Gasteiger partial charge in [0.1, 0.15) is 5.66 Å². The summed E-state index contributed by atoms with van der Waals surface area (Å²) < 4.78 is 0. The van der Waals surface area contributed by atoms with Gasteiger partial charge in [0.05, 0.1) is 33.5 Å². The summed E-state index contributed by atoms with van der Waals surface area (Å²) in [7, 11) is 0. The highest BCUT2D eigenvalue weighted by Crippen LogP contribution is 2.46. The molecule has 7 rings (SSSR count). The Morgan fingerprint density at radius 3 is 2.00 bits per heavy atom. The number of hydrogen-bond donors (Lipinski definition) is 0. The van der Waals surface area contributed by atoms with Crippen LogP contribution >= 0.6 is 0 Å². The van der Waals surface area contributed by atoms with E-state index in [-0.39, 0.29) is 5.66 Å². The van der Waals surface area contributed by atoms with E-state index >= 15 is 0 Å². The van der Waals surface area contributed by atoms with Gasteiger partial charge in [-0.15, -0.1) is 0 Å². The van der Waals surface area contributed by atoms with Crippen LogP contribution in [-0.2, 0) is 0 Å². The van der Waals surface area contributed by atoms with Crippen molar-refractivity contribution in [2.45, 2.75) is 37.8 Å². The van der Waals surface area contributed by atoms with Crippen LogP contribution in [0, 0.1) is 0 Å². The van der Waals surface area contributed by atoms with E-state index in [0.717, 1.165) is 46.3 Å². The zero-order valence-electron chi connectivity index (χ0n) is 19.1. The van der Waals surface area contributed by atoms with Gasteiger partial charge in [0.25, 0.3) is 0 Å². The van der Waals surface area contributed by atoms with E-state index in [0.29, 0.717) is 0 Å². The minimum absolute atomic E-state index is 0.198. The van der Waals surface area contributed by atoms with Crippen LogP contribution in [0.3, 0.4) is 0 Å². The lowest BCUT2D eigenvalue weighted by Gasteiger charge is -2.41. The van der Waals surface area contributed by atoms with Crippen molar-refractivity contribution >= 4 is 34.1 Å². The fourth-order valence-corrected chi connectivity index (χ4v) is 5.86. The van der Waals surface area contributed by atoms with Crippen LogP contribution in [0.1, 0.15) is 32.1 Å². The van der Waals surface area contributed by atoms with Crippen molar-refractivity contribution in [3.05, 3.63) is 108 Å². The molecular weight excluding hydrogens is 416 g/mol. The van der Waals surface area contributed by atoms with Crippen LogP contribution < -0.4 is 20.5 Å². The minimum Gasteiger partial charge on any atom is -0.314 e. The second-order valence-electron chi connectivity index (χ2n) is 9.43. The number of fused-ring (bicyclic) bond motifs is 3. The Bertz CT molecular complexity index is 1490. The molecule has 34 heavy (non-hydrogen) atoms. The normalized spacial score (nSPS) is 17.4. The van der Waals surface area contributed by atoms with Crippen molar-refractivity contribution in [1.82, 2.24) is 0 Å². The molecule has 0 radical (unpaired) electrons. The van der Waals surface area contributed by atoms with Crippen LogP contribution in [0.2, 0.25) is 0 Å². The standard InChI is InChI=1S/C30H26N4/c1-4-12-22(13-5-1)33-27-17-9-8-16-24(27)31-25-20-29-26(21-28(25)33)32-30(18-10-3-11-19-30)34(29)23-14-6-2-7-15-23/h1-2,4-9,12-17,20-21H,3,10-11,18-19H2. The van der Waals surface area contributed by atoms with Gasteiger partial charge in [-0.2, -0.15) is 0 Å². The molecule has 4 aromatic carbocycles. The molecule has 0 aromatic heterocycles. The predicted octanol–water partition coefficient (Wildman–Crippen LogP) is 6.85. The molecule has 0 atom stereocenters. The number of benzene rings is 4. The Labute approximate surface area is 199 Å². The van der Waals surface area contributed by atoms with Gasteiger partial charge in [-0.05, 0) is 74.2 Å². The third kappa shape index (κ3) is 2.91. The van der Waals surface area contributed by atoms with Gasteiger partial charge in [0.2, 0.25) is 0 Å². The largest absolute Gasteiger partial charge is 0.314 e. The topological polar surface area (TPSA) is 31.2 Å². The maximum atomic E-state index is 5.45. The fraction of sp³-hybridized carbons (Fsp3) is 0.200. The smallest absolute Gasteiger partial charge is 0.137 e. The van der Waals surface area contributed by atoms with Crippen molar-refractivity contribution in [2.75, 3.05) is 9.80 Å². The highest BCUT2D eigenvalue weighted by Gasteiger charge is 2.43. The molecule has 1 fully saturated rings. The van der Waals surface area contributed by atoms with Gasteiger partial charge in [-0.1, -0.05) is 55.0 Å². The van der Waals surface area contributed by atoms with Gasteiger partial charge in [0.15, 0.2) is 0 Å². The second-order valence-corrected chi connectivity index (χ2v) is 9.43. The molecule has 166 valence electrons. The molecular formula is C30H26N4. The van der Waals surface area contributed by atoms with Crippen LogP contribution in [0.25, 0.3) is 0 Å². The number of anilines is 5. The average Bonchev–Trinajstić information content (AvgIpc) is 3.19. The lowest BCUT2D eigenvalue weighted by atomic mass is 9.88. The maximum Gasteiger partial charge on any atom is 0.137 e. The highest BCUT2D eigenvalue weighted by atomic mass is 15.3. The molecule has 2 aliphatic heterocycles. The molecule has 0 bridgehead atoms. The molecule has 2 heterocycles. The Balaban J connectivity index is 1.49. The van der Waals surface area contributed by atoms with Gasteiger partial charge in [-0.3, -0.25) is 4.99 Å². The van der Waals surface area contributed by atoms with Crippen LogP contribution in [-0.4, -0.2) is 5.66 Å². The Kier molecular flexibility index (Phi) is 4.34. The number of para-hydroxylation sites is 4. The molecule has 0 N–H and O–H groups in total. The average molecular weight is 443 g/mol. The summed E-state index contributed by atoms with van der Waals surface area (Å²) in [5, 5.41) is 2.06. The van der Waals surface area contributed by atoms with E-state index in [2.05, 4.69) is 107 Å². The number of hydrogen-bond acceptors (Lipinski definition) is 4. The van der Waals surface area contributed by atoms with Crippen LogP contribution in [0.4, 0.5) is 34.1 Å². The lowest BCUT2D eigenvalue weighted by Crippen LogP contribution is -2.43. The predicted molar refractivity (Wildman–Crippen MR) is 137 cm³/mol. The second kappa shape index (κ2) is 7.56. The molecule has 4 aromatic rings. The van der Waals surface area contributed by atoms with Gasteiger partial charge in [0, 0.05) is 11.4 Å². The Hall–Kier alpha value is -3.92. The first kappa shape index (κ1) is 19.5. The third-order valence-electron chi connectivity index (χ3n) is 7.34. The Morgan fingerprint density at radius 2 is 1.24 bits per heavy atom. The first-order valence-corrected chi connectivity index (χ1v) is 12.2. The molecule has 0 amide bonds. The van der Waals surface area contributed by atoms with E-state index < -0.39 is 0 Å². The van der Waals surface area contributed by atoms with Crippen LogP contribution in [0.5, 0.6) is 0 Å². The van der Waals surface area contributed by atoms with Gasteiger partial charge in [-0.25, -0.2) is 4.99 Å². The molecule has 1 aliphatic carbocycles. The lowest BCUT2D eigenvalue weighted by molar-refractivity contribution is 0.309. The summed E-state index contributed by atoms with van der Waals surface area (Å²) in [5.74, 6) is 0. The summed E-state index contributed by atoms with van der Waals surface area (Å²) in [6.45, 7) is 0. The SMILES string of the molecule is c1ccc(N2c3ccccc3N=c3cc4c(cc32)=NC2(CCCCC2)N4c2ccccc2)cc1. The molecule has 0 saturated heterocycles. The van der Waals surface area contributed by atoms with Crippen molar-refractivity contribution in [3.63, 3.8) is 0 Å². The summed E-state index contributed by atoms with van der Waals surface area (Å²) in [5.41, 5.74) is 6.51. The zero-order valence-corrected chi connectivity index (χ0v) is 19.1. The van der Waals surface area contributed by atoms with E-state index in [4.69, 9.17) is 9.98 Å². The van der Waals surface area contributed by atoms with E-state index in [1.165, 1.54) is 30.6 Å². The molecule has 1 saturated carbocycles. The summed E-state index contributed by atoms with van der Waals surface area (Å²) in [6.07, 6.45) is 5.89. The summed E-state index contributed by atoms with van der Waals surface area (Å²) in [4.78, 5) is 15.4. The fourth-order valence-electron chi connectivity index (χ4n) is 5.86. The van der Waals surface area contributed by atoms with Crippen molar-refractivity contribution in [1.29, 1.82) is 0 Å². The monoisotopic (exact) mass is 442 g/mol. The van der Waals surface area contributed by atoms with Gasteiger partial charge >= 0.3 is 0 Å². The molecule has 4 nitrogen and oxygen atoms in total. The molecule has 1 spiro atoms. The first-order chi connectivity index (χ1) is 16.8. The Morgan fingerprint density at radius 1 is 0.588 bits per heavy atom. The zero-order chi connectivity index (χ0) is 22.5. The first-order valence-electron chi connectivity index (χ1n) is 12.2. The molecule has 3 aliphatic rings. The minimum atomic E-state index is -0.198. The number of nitrogens with zero attached hydrogens (tertiary/aromatic N) is 4. The summed E-state index contributed by atoms with van der Waals surface area (Å²) >= 11 is 0. The van der Waals surface area contributed by atoms with E-state index in [1.807, 2.05) is 0 Å². The van der Waals surface area contributed by atoms with E-state index in [1.54, 1.807) is 0 Å². The maximum absolute atomic E-state index is 5.45. The number of rotatable bonds is 2. The third-order valence-corrected chi connectivity index (χ3v) is 7.34. The van der Waals surface area contributed by atoms with Crippen molar-refractivity contribution < 1.29 is 0 Å². The van der Waals surface area contributed by atoms with Crippen molar-refractivity contribution in [3.8, 4) is 0 Å². The quantitative estimate of drug-likeness (QED) is 0.299. The summed E-state index contributed by atoms with van der Waals surface area (Å²) in [6, 6.07) is 34.2. The molecule has 4 heteroatoms. The van der Waals surface area contributed by atoms with Crippen molar-refractivity contribution in [2.24, 2.45) is 9.98 Å². The van der Waals surface area contributed by atoms with Gasteiger partial charge < -0.3 is 9.80 Å². The highest BCUT2D eigenvalue weighted by molar-refractivity contribution is 5.86. The molecule has 0 unspecified atom stereocenters.